The van der Waals surface area contributed by atoms with Crippen molar-refractivity contribution >= 4 is 9.84 Å². The summed E-state index contributed by atoms with van der Waals surface area (Å²) >= 11 is 0. The number of ether oxygens (including phenoxy) is 4. The van der Waals surface area contributed by atoms with Gasteiger partial charge in [0, 0.05) is 38.5 Å². The largest absolute Gasteiger partial charge is 0.378 e. The fourth-order valence-electron chi connectivity index (χ4n) is 3.04. The molecular formula is C20H38FN5O6S. The SMILES string of the molecule is CC(C)NCCOCCOCCOCCOCCn1nnc(CN2CC(S(C)(=O)=O)C2)c1F. The lowest BCUT2D eigenvalue weighted by atomic mass is 10.2. The third kappa shape index (κ3) is 11.2. The van der Waals surface area contributed by atoms with Crippen molar-refractivity contribution in [2.45, 2.75) is 38.2 Å². The number of rotatable bonds is 19. The molecule has 1 fully saturated rings. The second-order valence-corrected chi connectivity index (χ2v) is 10.6. The molecule has 0 unspecified atom stereocenters. The van der Waals surface area contributed by atoms with Crippen LogP contribution in [0.3, 0.4) is 0 Å². The summed E-state index contributed by atoms with van der Waals surface area (Å²) in [5.41, 5.74) is 0.211. The lowest BCUT2D eigenvalue weighted by molar-refractivity contribution is -0.00273. The zero-order valence-corrected chi connectivity index (χ0v) is 20.7. The molecule has 11 nitrogen and oxygen atoms in total. The van der Waals surface area contributed by atoms with E-state index < -0.39 is 15.8 Å². The molecule has 1 saturated heterocycles. The van der Waals surface area contributed by atoms with E-state index in [9.17, 15) is 12.8 Å². The predicted molar refractivity (Wildman–Crippen MR) is 120 cm³/mol. The Morgan fingerprint density at radius 2 is 1.55 bits per heavy atom. The molecule has 192 valence electrons. The monoisotopic (exact) mass is 495 g/mol. The van der Waals surface area contributed by atoms with E-state index in [1.54, 1.807) is 0 Å². The first-order valence-electron chi connectivity index (χ1n) is 11.3. The van der Waals surface area contributed by atoms with E-state index in [0.717, 1.165) is 11.2 Å². The Balaban J connectivity index is 1.41. The van der Waals surface area contributed by atoms with Crippen LogP contribution in [0.15, 0.2) is 0 Å². The van der Waals surface area contributed by atoms with Gasteiger partial charge in [-0.3, -0.25) is 4.90 Å². The van der Waals surface area contributed by atoms with Gasteiger partial charge in [-0.05, 0) is 0 Å². The number of nitrogens with zero attached hydrogens (tertiary/aromatic N) is 4. The Morgan fingerprint density at radius 3 is 2.09 bits per heavy atom. The summed E-state index contributed by atoms with van der Waals surface area (Å²) in [6, 6.07) is 0.461. The van der Waals surface area contributed by atoms with Crippen molar-refractivity contribution in [1.82, 2.24) is 25.2 Å². The van der Waals surface area contributed by atoms with Gasteiger partial charge in [0.15, 0.2) is 9.84 Å². The van der Waals surface area contributed by atoms with Crippen molar-refractivity contribution in [3.8, 4) is 0 Å². The quantitative estimate of drug-likeness (QED) is 0.257. The number of aromatic nitrogens is 3. The molecule has 0 saturated carbocycles. The van der Waals surface area contributed by atoms with Crippen LogP contribution in [0.1, 0.15) is 19.5 Å². The van der Waals surface area contributed by atoms with E-state index in [0.29, 0.717) is 65.4 Å². The smallest absolute Gasteiger partial charge is 0.236 e. The molecule has 1 aromatic heterocycles. The fourth-order valence-corrected chi connectivity index (χ4v) is 4.01. The first kappa shape index (κ1) is 28.0. The number of likely N-dealkylation sites (tertiary alicyclic amines) is 1. The summed E-state index contributed by atoms with van der Waals surface area (Å²) in [6.45, 7) is 10.1. The molecule has 1 aliphatic rings. The molecule has 0 radical (unpaired) electrons. The van der Waals surface area contributed by atoms with Gasteiger partial charge < -0.3 is 24.3 Å². The average molecular weight is 496 g/mol. The van der Waals surface area contributed by atoms with E-state index in [4.69, 9.17) is 18.9 Å². The number of hydrogen-bond acceptors (Lipinski definition) is 10. The van der Waals surface area contributed by atoms with Gasteiger partial charge >= 0.3 is 0 Å². The Hall–Kier alpha value is -1.22. The van der Waals surface area contributed by atoms with Crippen LogP contribution in [-0.2, 0) is 41.9 Å². The molecule has 0 spiro atoms. The van der Waals surface area contributed by atoms with Gasteiger partial charge in [0.25, 0.3) is 0 Å². The first-order valence-corrected chi connectivity index (χ1v) is 13.3. The molecule has 0 aromatic carbocycles. The zero-order chi connectivity index (χ0) is 24.1. The minimum Gasteiger partial charge on any atom is -0.378 e. The van der Waals surface area contributed by atoms with Gasteiger partial charge in [-0.15, -0.1) is 5.10 Å². The van der Waals surface area contributed by atoms with Crippen LogP contribution in [-0.4, -0.2) is 118 Å². The Morgan fingerprint density at radius 1 is 1.00 bits per heavy atom. The molecule has 2 heterocycles. The van der Waals surface area contributed by atoms with Crippen LogP contribution in [0.4, 0.5) is 4.39 Å². The number of sulfone groups is 1. The maximum atomic E-state index is 14.4. The summed E-state index contributed by atoms with van der Waals surface area (Å²) in [5, 5.41) is 10.6. The van der Waals surface area contributed by atoms with E-state index in [-0.39, 0.29) is 30.6 Å². The highest BCUT2D eigenvalue weighted by Gasteiger charge is 2.35. The summed E-state index contributed by atoms with van der Waals surface area (Å²) in [4.78, 5) is 1.83. The summed E-state index contributed by atoms with van der Waals surface area (Å²) in [5.74, 6) is -0.519. The third-order valence-corrected chi connectivity index (χ3v) is 6.51. The molecule has 0 atom stereocenters. The molecule has 0 amide bonds. The van der Waals surface area contributed by atoms with Gasteiger partial charge in [0.2, 0.25) is 5.95 Å². The highest BCUT2D eigenvalue weighted by molar-refractivity contribution is 7.91. The van der Waals surface area contributed by atoms with Crippen molar-refractivity contribution < 1.29 is 31.8 Å². The van der Waals surface area contributed by atoms with Crippen LogP contribution in [0.25, 0.3) is 0 Å². The molecule has 0 aliphatic carbocycles. The van der Waals surface area contributed by atoms with E-state index in [1.165, 1.54) is 6.26 Å². The highest BCUT2D eigenvalue weighted by Crippen LogP contribution is 2.18. The summed E-state index contributed by atoms with van der Waals surface area (Å²) in [7, 11) is -3.05. The van der Waals surface area contributed by atoms with Crippen LogP contribution < -0.4 is 5.32 Å². The van der Waals surface area contributed by atoms with Crippen LogP contribution in [0.5, 0.6) is 0 Å². The zero-order valence-electron chi connectivity index (χ0n) is 19.9. The number of halogens is 1. The Labute approximate surface area is 195 Å². The van der Waals surface area contributed by atoms with Crippen molar-refractivity contribution in [2.75, 3.05) is 78.7 Å². The van der Waals surface area contributed by atoms with E-state index in [2.05, 4.69) is 29.5 Å². The summed E-state index contributed by atoms with van der Waals surface area (Å²) in [6.07, 6.45) is 1.22. The van der Waals surface area contributed by atoms with Crippen LogP contribution in [0, 0.1) is 5.95 Å². The first-order chi connectivity index (χ1) is 15.8. The minimum atomic E-state index is -3.05. The average Bonchev–Trinajstić information content (AvgIpc) is 3.05. The van der Waals surface area contributed by atoms with Gasteiger partial charge in [-0.25, -0.2) is 13.1 Å². The third-order valence-electron chi connectivity index (χ3n) is 5.00. The van der Waals surface area contributed by atoms with E-state index >= 15 is 0 Å². The summed E-state index contributed by atoms with van der Waals surface area (Å²) < 4.78 is 60.1. The molecule has 2 rings (SSSR count). The van der Waals surface area contributed by atoms with Crippen molar-refractivity contribution in [3.63, 3.8) is 0 Å². The predicted octanol–water partition coefficient (Wildman–Crippen LogP) is -0.290. The van der Waals surface area contributed by atoms with Gasteiger partial charge in [-0.1, -0.05) is 19.1 Å². The second kappa shape index (κ2) is 14.9. The van der Waals surface area contributed by atoms with Crippen molar-refractivity contribution in [2.24, 2.45) is 0 Å². The van der Waals surface area contributed by atoms with E-state index in [1.807, 2.05) is 4.90 Å². The second-order valence-electron chi connectivity index (χ2n) is 8.25. The number of nitrogens with one attached hydrogen (secondary N) is 1. The molecule has 1 N–H and O–H groups in total. The lowest BCUT2D eigenvalue weighted by Crippen LogP contribution is -2.53. The number of hydrogen-bond donors (Lipinski definition) is 1. The van der Waals surface area contributed by atoms with Gasteiger partial charge in [-0.2, -0.15) is 4.39 Å². The Bertz CT molecular complexity index is 773. The van der Waals surface area contributed by atoms with Crippen LogP contribution in [0.2, 0.25) is 0 Å². The van der Waals surface area contributed by atoms with Crippen molar-refractivity contribution in [1.29, 1.82) is 0 Å². The highest BCUT2D eigenvalue weighted by atomic mass is 32.2. The molecule has 13 heteroatoms. The maximum absolute atomic E-state index is 14.4. The molecule has 1 aromatic rings. The standard InChI is InChI=1S/C20H38FN5O6S/c1-17(2)22-4-6-29-8-10-31-12-13-32-11-9-30-7-5-26-20(21)19(23-24-26)16-25-14-18(15-25)33(3,27)28/h17-18,22H,4-16H2,1-3H3. The van der Waals surface area contributed by atoms with Gasteiger partial charge in [0.1, 0.15) is 5.69 Å². The fraction of sp³-hybridized carbons (Fsp3) is 0.900. The lowest BCUT2D eigenvalue weighted by Gasteiger charge is -2.37. The maximum Gasteiger partial charge on any atom is 0.236 e. The molecule has 0 bridgehead atoms. The van der Waals surface area contributed by atoms with Crippen LogP contribution >= 0.6 is 0 Å². The topological polar surface area (TPSA) is 117 Å². The van der Waals surface area contributed by atoms with Crippen molar-refractivity contribution in [3.05, 3.63) is 11.6 Å². The van der Waals surface area contributed by atoms with Gasteiger partial charge in [0.05, 0.1) is 64.6 Å². The molecular weight excluding hydrogens is 457 g/mol. The molecule has 33 heavy (non-hydrogen) atoms. The molecule has 1 aliphatic heterocycles. The minimum absolute atomic E-state index is 0.211. The Kier molecular flexibility index (Phi) is 12.7. The normalized spacial score (nSPS) is 15.4.